The van der Waals surface area contributed by atoms with Gasteiger partial charge in [0, 0.05) is 25.2 Å². The van der Waals surface area contributed by atoms with Crippen LogP contribution in [0.4, 0.5) is 23.2 Å². The van der Waals surface area contributed by atoms with Crippen molar-refractivity contribution in [1.82, 2.24) is 4.90 Å². The summed E-state index contributed by atoms with van der Waals surface area (Å²) >= 11 is 6.28. The molecule has 8 heteroatoms. The second kappa shape index (κ2) is 7.76. The van der Waals surface area contributed by atoms with E-state index in [-0.39, 0.29) is 31.9 Å². The minimum atomic E-state index is -4.89. The molecule has 2 aromatic rings. The van der Waals surface area contributed by atoms with Crippen molar-refractivity contribution in [3.8, 4) is 0 Å². The molecule has 3 rings (SSSR count). The van der Waals surface area contributed by atoms with Gasteiger partial charge < -0.3 is 10.2 Å². The zero-order valence-corrected chi connectivity index (χ0v) is 15.0. The Morgan fingerprint density at radius 3 is 2.52 bits per heavy atom. The smallest absolute Gasteiger partial charge is 0.379 e. The molecule has 1 amide bonds. The molecule has 1 aliphatic heterocycles. The fourth-order valence-corrected chi connectivity index (χ4v) is 3.44. The highest BCUT2D eigenvalue weighted by Crippen LogP contribution is 2.32. The summed E-state index contributed by atoms with van der Waals surface area (Å²) in [5, 5.41) is 3.51. The number of carbonyl (C=O) groups is 1. The zero-order chi connectivity index (χ0) is 19.6. The first-order valence-electron chi connectivity index (χ1n) is 8.41. The van der Waals surface area contributed by atoms with Gasteiger partial charge in [-0.3, -0.25) is 4.79 Å². The van der Waals surface area contributed by atoms with Crippen molar-refractivity contribution in [2.75, 3.05) is 18.4 Å². The summed E-state index contributed by atoms with van der Waals surface area (Å²) in [5.41, 5.74) is 2.61. The van der Waals surface area contributed by atoms with Crippen LogP contribution in [0.3, 0.4) is 0 Å². The maximum absolute atomic E-state index is 13.8. The fourth-order valence-electron chi connectivity index (χ4n) is 3.20. The molecule has 0 fully saturated rings. The summed E-state index contributed by atoms with van der Waals surface area (Å²) in [7, 11) is 0. The molecule has 0 aliphatic carbocycles. The van der Waals surface area contributed by atoms with E-state index in [0.717, 1.165) is 16.0 Å². The third-order valence-electron chi connectivity index (χ3n) is 4.59. The molecule has 3 nitrogen and oxygen atoms in total. The van der Waals surface area contributed by atoms with Gasteiger partial charge in [-0.1, -0.05) is 35.9 Å². The highest BCUT2D eigenvalue weighted by molar-refractivity contribution is 6.33. The maximum Gasteiger partial charge on any atom is 0.471 e. The summed E-state index contributed by atoms with van der Waals surface area (Å²) < 4.78 is 52.0. The Balaban J connectivity index is 1.81. The molecule has 0 unspecified atom stereocenters. The molecule has 27 heavy (non-hydrogen) atoms. The van der Waals surface area contributed by atoms with E-state index in [1.807, 2.05) is 0 Å². The van der Waals surface area contributed by atoms with Gasteiger partial charge in [0.1, 0.15) is 5.82 Å². The van der Waals surface area contributed by atoms with Crippen LogP contribution in [0, 0.1) is 5.82 Å². The second-order valence-electron chi connectivity index (χ2n) is 6.29. The van der Waals surface area contributed by atoms with Crippen LogP contribution in [-0.2, 0) is 24.2 Å². The van der Waals surface area contributed by atoms with Gasteiger partial charge in [0.2, 0.25) is 0 Å². The van der Waals surface area contributed by atoms with Crippen LogP contribution < -0.4 is 5.32 Å². The van der Waals surface area contributed by atoms with Gasteiger partial charge in [-0.2, -0.15) is 13.2 Å². The van der Waals surface area contributed by atoms with Crippen LogP contribution >= 0.6 is 11.6 Å². The molecule has 2 aromatic carbocycles. The van der Waals surface area contributed by atoms with Crippen molar-refractivity contribution >= 4 is 23.2 Å². The Labute approximate surface area is 158 Å². The van der Waals surface area contributed by atoms with Crippen LogP contribution in [0.2, 0.25) is 5.02 Å². The van der Waals surface area contributed by atoms with E-state index in [9.17, 15) is 22.4 Å². The maximum atomic E-state index is 13.8. The first kappa shape index (κ1) is 19.5. The Hall–Kier alpha value is -2.28. The molecule has 0 spiro atoms. The summed E-state index contributed by atoms with van der Waals surface area (Å²) in [6.07, 6.45) is -4.36. The van der Waals surface area contributed by atoms with Crippen molar-refractivity contribution < 1.29 is 22.4 Å². The molecule has 144 valence electrons. The minimum absolute atomic E-state index is 0.0142. The molecule has 0 atom stereocenters. The van der Waals surface area contributed by atoms with Crippen LogP contribution in [0.5, 0.6) is 0 Å². The Bertz CT molecular complexity index is 854. The standard InChI is InChI=1S/C19H17ClF4N2O/c20-15-6-5-12-7-9-26(18(27)19(22,23)24)10-8-14(12)17(15)25-11-13-3-1-2-4-16(13)21/h1-6,25H,7-11H2. The van der Waals surface area contributed by atoms with Crippen molar-refractivity contribution in [2.24, 2.45) is 0 Å². The monoisotopic (exact) mass is 400 g/mol. The molecule has 1 heterocycles. The number of amides is 1. The largest absolute Gasteiger partial charge is 0.471 e. The lowest BCUT2D eigenvalue weighted by molar-refractivity contribution is -0.185. The van der Waals surface area contributed by atoms with Gasteiger partial charge in [-0.05, 0) is 36.1 Å². The first-order valence-corrected chi connectivity index (χ1v) is 8.79. The molecule has 0 radical (unpaired) electrons. The van der Waals surface area contributed by atoms with Gasteiger partial charge in [-0.25, -0.2) is 4.39 Å². The zero-order valence-electron chi connectivity index (χ0n) is 14.2. The number of alkyl halides is 3. The van der Waals surface area contributed by atoms with Gasteiger partial charge >= 0.3 is 12.1 Å². The molecule has 0 saturated heterocycles. The molecule has 0 aromatic heterocycles. The Kier molecular flexibility index (Phi) is 5.60. The van der Waals surface area contributed by atoms with E-state index >= 15 is 0 Å². The summed E-state index contributed by atoms with van der Waals surface area (Å²) in [6, 6.07) is 9.71. The van der Waals surface area contributed by atoms with Crippen molar-refractivity contribution in [1.29, 1.82) is 0 Å². The van der Waals surface area contributed by atoms with E-state index in [1.165, 1.54) is 6.07 Å². The third-order valence-corrected chi connectivity index (χ3v) is 4.90. The lowest BCUT2D eigenvalue weighted by atomic mass is 10.0. The number of hydrogen-bond acceptors (Lipinski definition) is 2. The van der Waals surface area contributed by atoms with Crippen LogP contribution in [0.1, 0.15) is 16.7 Å². The molecular formula is C19H17ClF4N2O. The van der Waals surface area contributed by atoms with E-state index in [0.29, 0.717) is 22.7 Å². The van der Waals surface area contributed by atoms with Crippen molar-refractivity contribution in [2.45, 2.75) is 25.6 Å². The van der Waals surface area contributed by atoms with Gasteiger partial charge in [0.15, 0.2) is 0 Å². The van der Waals surface area contributed by atoms with Gasteiger partial charge in [0.05, 0.1) is 10.7 Å². The highest BCUT2D eigenvalue weighted by Gasteiger charge is 2.42. The van der Waals surface area contributed by atoms with Crippen molar-refractivity contribution in [3.63, 3.8) is 0 Å². The molecule has 0 bridgehead atoms. The van der Waals surface area contributed by atoms with Crippen LogP contribution in [0.25, 0.3) is 0 Å². The van der Waals surface area contributed by atoms with E-state index in [4.69, 9.17) is 11.6 Å². The summed E-state index contributed by atoms with van der Waals surface area (Å²) in [4.78, 5) is 12.4. The lowest BCUT2D eigenvalue weighted by Crippen LogP contribution is -2.42. The van der Waals surface area contributed by atoms with E-state index in [2.05, 4.69) is 5.32 Å². The van der Waals surface area contributed by atoms with Crippen molar-refractivity contribution in [3.05, 3.63) is 63.9 Å². The molecular weight excluding hydrogens is 384 g/mol. The van der Waals surface area contributed by atoms with E-state index < -0.39 is 12.1 Å². The number of hydrogen-bond donors (Lipinski definition) is 1. The number of rotatable bonds is 3. The topological polar surface area (TPSA) is 32.3 Å². The predicted molar refractivity (Wildman–Crippen MR) is 95.2 cm³/mol. The fraction of sp³-hybridized carbons (Fsp3) is 0.316. The average molecular weight is 401 g/mol. The molecule has 1 aliphatic rings. The first-order chi connectivity index (χ1) is 12.8. The second-order valence-corrected chi connectivity index (χ2v) is 6.70. The van der Waals surface area contributed by atoms with Crippen LogP contribution in [0.15, 0.2) is 36.4 Å². The Morgan fingerprint density at radius 2 is 1.81 bits per heavy atom. The number of nitrogens with one attached hydrogen (secondary N) is 1. The number of fused-ring (bicyclic) bond motifs is 1. The van der Waals surface area contributed by atoms with Gasteiger partial charge in [-0.15, -0.1) is 0 Å². The summed E-state index contributed by atoms with van der Waals surface area (Å²) in [5.74, 6) is -2.19. The highest BCUT2D eigenvalue weighted by atomic mass is 35.5. The number of anilines is 1. The van der Waals surface area contributed by atoms with Crippen LogP contribution in [-0.4, -0.2) is 30.1 Å². The molecule has 1 N–H and O–H groups in total. The number of benzene rings is 2. The third kappa shape index (κ3) is 4.35. The average Bonchev–Trinajstić information content (AvgIpc) is 2.83. The number of nitrogens with zero attached hydrogens (tertiary/aromatic N) is 1. The lowest BCUT2D eigenvalue weighted by Gasteiger charge is -2.21. The summed E-state index contributed by atoms with van der Waals surface area (Å²) in [6.45, 7) is 0.119. The number of halogens is 5. The normalized spacial score (nSPS) is 14.5. The van der Waals surface area contributed by atoms with E-state index in [1.54, 1.807) is 30.3 Å². The number of carbonyl (C=O) groups excluding carboxylic acids is 1. The predicted octanol–water partition coefficient (Wildman–Crippen LogP) is 4.58. The minimum Gasteiger partial charge on any atom is -0.379 e. The quantitative estimate of drug-likeness (QED) is 0.765. The SMILES string of the molecule is O=C(N1CCc2ccc(Cl)c(NCc3ccccc3F)c2CC1)C(F)(F)F. The Morgan fingerprint density at radius 1 is 1.11 bits per heavy atom. The molecule has 0 saturated carbocycles. The van der Waals surface area contributed by atoms with Gasteiger partial charge in [0.25, 0.3) is 0 Å².